The Morgan fingerprint density at radius 3 is 3.00 bits per heavy atom. The molecule has 2 heterocycles. The van der Waals surface area contributed by atoms with Crippen molar-refractivity contribution in [2.24, 2.45) is 5.92 Å². The third kappa shape index (κ3) is 2.37. The average Bonchev–Trinajstić information content (AvgIpc) is 2.46. The van der Waals surface area contributed by atoms with Crippen LogP contribution in [0.2, 0.25) is 0 Å². The molecule has 0 unspecified atom stereocenters. The molecule has 2 aliphatic rings. The van der Waals surface area contributed by atoms with Crippen LogP contribution in [0.4, 0.5) is 4.39 Å². The number of carbonyl (C=O) groups excluding carboxylic acids is 1. The van der Waals surface area contributed by atoms with Crippen molar-refractivity contribution in [1.29, 1.82) is 0 Å². The highest BCUT2D eigenvalue weighted by Crippen LogP contribution is 2.29. The first-order chi connectivity index (χ1) is 9.27. The molecule has 3 nitrogen and oxygen atoms in total. The van der Waals surface area contributed by atoms with Crippen LogP contribution in [0.5, 0.6) is 0 Å². The fourth-order valence-corrected chi connectivity index (χ4v) is 3.35. The second kappa shape index (κ2) is 5.29. The minimum atomic E-state index is -0.413. The lowest BCUT2D eigenvalue weighted by molar-refractivity contribution is 0.0418. The molecule has 0 aromatic heterocycles. The Bertz CT molecular complexity index is 475. The molecule has 0 radical (unpaired) electrons. The van der Waals surface area contributed by atoms with Crippen molar-refractivity contribution in [2.75, 3.05) is 19.6 Å². The Labute approximate surface area is 112 Å². The number of benzene rings is 1. The highest BCUT2D eigenvalue weighted by Gasteiger charge is 2.36. The number of piperidine rings is 2. The SMILES string of the molecule is O=C(c1ccccc1F)N1CCC[C@H]2CNCC[C@H]21. The largest absolute Gasteiger partial charge is 0.335 e. The van der Waals surface area contributed by atoms with Crippen LogP contribution in [0.25, 0.3) is 0 Å². The summed E-state index contributed by atoms with van der Waals surface area (Å²) in [4.78, 5) is 14.4. The van der Waals surface area contributed by atoms with E-state index < -0.39 is 5.82 Å². The Morgan fingerprint density at radius 2 is 2.16 bits per heavy atom. The van der Waals surface area contributed by atoms with Gasteiger partial charge in [0.15, 0.2) is 0 Å². The maximum atomic E-state index is 13.8. The third-order valence-electron chi connectivity index (χ3n) is 4.31. The summed E-state index contributed by atoms with van der Waals surface area (Å²) in [5.74, 6) is -0.0310. The van der Waals surface area contributed by atoms with Gasteiger partial charge in [0.05, 0.1) is 5.56 Å². The average molecular weight is 262 g/mol. The summed E-state index contributed by atoms with van der Waals surface area (Å²) in [5.41, 5.74) is 0.210. The van der Waals surface area contributed by atoms with Crippen molar-refractivity contribution in [3.05, 3.63) is 35.6 Å². The van der Waals surface area contributed by atoms with E-state index in [-0.39, 0.29) is 17.5 Å². The number of hydrogen-bond acceptors (Lipinski definition) is 2. The third-order valence-corrected chi connectivity index (χ3v) is 4.31. The quantitative estimate of drug-likeness (QED) is 0.840. The van der Waals surface area contributed by atoms with E-state index in [2.05, 4.69) is 5.32 Å². The number of amides is 1. The topological polar surface area (TPSA) is 32.3 Å². The summed E-state index contributed by atoms with van der Waals surface area (Å²) in [6.45, 7) is 2.68. The molecule has 1 aromatic carbocycles. The lowest BCUT2D eigenvalue weighted by atomic mass is 9.84. The number of carbonyl (C=O) groups is 1. The molecule has 0 spiro atoms. The maximum Gasteiger partial charge on any atom is 0.257 e. The molecule has 3 rings (SSSR count). The monoisotopic (exact) mass is 262 g/mol. The predicted molar refractivity (Wildman–Crippen MR) is 71.4 cm³/mol. The molecule has 1 N–H and O–H groups in total. The second-order valence-electron chi connectivity index (χ2n) is 5.44. The highest BCUT2D eigenvalue weighted by atomic mass is 19.1. The van der Waals surface area contributed by atoms with Crippen molar-refractivity contribution in [2.45, 2.75) is 25.3 Å². The summed E-state index contributed by atoms with van der Waals surface area (Å²) in [7, 11) is 0. The number of hydrogen-bond donors (Lipinski definition) is 1. The minimum Gasteiger partial charge on any atom is -0.335 e. The molecule has 1 aromatic rings. The van der Waals surface area contributed by atoms with Gasteiger partial charge in [0.1, 0.15) is 5.82 Å². The molecule has 102 valence electrons. The highest BCUT2D eigenvalue weighted by molar-refractivity contribution is 5.94. The van der Waals surface area contributed by atoms with Gasteiger partial charge in [-0.2, -0.15) is 0 Å². The van der Waals surface area contributed by atoms with Crippen LogP contribution in [0.3, 0.4) is 0 Å². The fourth-order valence-electron chi connectivity index (χ4n) is 3.35. The standard InChI is InChI=1S/C15H19FN2O/c16-13-6-2-1-5-12(13)15(19)18-9-3-4-11-10-17-8-7-14(11)18/h1-2,5-6,11,14,17H,3-4,7-10H2/t11-,14+/m0/s1. The Kier molecular flexibility index (Phi) is 3.51. The van der Waals surface area contributed by atoms with Crippen LogP contribution >= 0.6 is 0 Å². The molecule has 2 saturated heterocycles. The number of nitrogens with zero attached hydrogens (tertiary/aromatic N) is 1. The van der Waals surface area contributed by atoms with Gasteiger partial charge in [0, 0.05) is 12.6 Å². The van der Waals surface area contributed by atoms with Gasteiger partial charge in [0.2, 0.25) is 0 Å². The zero-order chi connectivity index (χ0) is 13.2. The van der Waals surface area contributed by atoms with E-state index in [9.17, 15) is 9.18 Å². The van der Waals surface area contributed by atoms with Crippen molar-refractivity contribution in [3.63, 3.8) is 0 Å². The van der Waals surface area contributed by atoms with Crippen molar-refractivity contribution in [1.82, 2.24) is 10.2 Å². The molecule has 0 bridgehead atoms. The predicted octanol–water partition coefficient (Wildman–Crippen LogP) is 2.04. The van der Waals surface area contributed by atoms with Gasteiger partial charge < -0.3 is 10.2 Å². The van der Waals surface area contributed by atoms with Gasteiger partial charge in [0.25, 0.3) is 5.91 Å². The fraction of sp³-hybridized carbons (Fsp3) is 0.533. The Morgan fingerprint density at radius 1 is 1.32 bits per heavy atom. The number of fused-ring (bicyclic) bond motifs is 1. The molecular formula is C15H19FN2O. The maximum absolute atomic E-state index is 13.8. The first-order valence-corrected chi connectivity index (χ1v) is 7.03. The van der Waals surface area contributed by atoms with Crippen molar-refractivity contribution < 1.29 is 9.18 Å². The van der Waals surface area contributed by atoms with E-state index in [1.807, 2.05) is 4.90 Å². The minimum absolute atomic E-state index is 0.144. The molecule has 19 heavy (non-hydrogen) atoms. The van der Waals surface area contributed by atoms with Crippen LogP contribution < -0.4 is 5.32 Å². The first kappa shape index (κ1) is 12.6. The Balaban J connectivity index is 1.84. The summed E-state index contributed by atoms with van der Waals surface area (Å²) in [6, 6.07) is 6.57. The van der Waals surface area contributed by atoms with Gasteiger partial charge >= 0.3 is 0 Å². The lowest BCUT2D eigenvalue weighted by Gasteiger charge is -2.44. The summed E-state index contributed by atoms with van der Waals surface area (Å²) in [6.07, 6.45) is 3.16. The van der Waals surface area contributed by atoms with Gasteiger partial charge in [-0.1, -0.05) is 12.1 Å². The van der Waals surface area contributed by atoms with E-state index in [0.29, 0.717) is 5.92 Å². The van der Waals surface area contributed by atoms with Gasteiger partial charge in [-0.25, -0.2) is 4.39 Å². The number of rotatable bonds is 1. The van der Waals surface area contributed by atoms with Crippen molar-refractivity contribution in [3.8, 4) is 0 Å². The van der Waals surface area contributed by atoms with Crippen LogP contribution in [-0.4, -0.2) is 36.5 Å². The molecule has 0 saturated carbocycles. The smallest absolute Gasteiger partial charge is 0.257 e. The molecule has 4 heteroatoms. The molecule has 2 fully saturated rings. The first-order valence-electron chi connectivity index (χ1n) is 7.03. The number of nitrogens with one attached hydrogen (secondary N) is 1. The molecule has 2 atom stereocenters. The lowest BCUT2D eigenvalue weighted by Crippen LogP contribution is -2.54. The van der Waals surface area contributed by atoms with Crippen LogP contribution in [0, 0.1) is 11.7 Å². The second-order valence-corrected chi connectivity index (χ2v) is 5.44. The molecule has 0 aliphatic carbocycles. The van der Waals surface area contributed by atoms with Gasteiger partial charge in [-0.05, 0) is 50.4 Å². The van der Waals surface area contributed by atoms with Crippen molar-refractivity contribution >= 4 is 5.91 Å². The summed E-state index contributed by atoms with van der Waals surface area (Å²) >= 11 is 0. The van der Waals surface area contributed by atoms with E-state index in [0.717, 1.165) is 32.5 Å². The van der Waals surface area contributed by atoms with Crippen LogP contribution in [0.15, 0.2) is 24.3 Å². The van der Waals surface area contributed by atoms with E-state index in [1.54, 1.807) is 18.2 Å². The van der Waals surface area contributed by atoms with E-state index in [4.69, 9.17) is 0 Å². The van der Waals surface area contributed by atoms with Crippen LogP contribution in [0.1, 0.15) is 29.6 Å². The van der Waals surface area contributed by atoms with Gasteiger partial charge in [-0.3, -0.25) is 4.79 Å². The molecular weight excluding hydrogens is 243 g/mol. The summed E-state index contributed by atoms with van der Waals surface area (Å²) in [5, 5.41) is 3.38. The van der Waals surface area contributed by atoms with E-state index in [1.165, 1.54) is 12.5 Å². The Hall–Kier alpha value is -1.42. The zero-order valence-electron chi connectivity index (χ0n) is 10.9. The number of halogens is 1. The number of likely N-dealkylation sites (tertiary alicyclic amines) is 1. The summed E-state index contributed by atoms with van der Waals surface area (Å²) < 4.78 is 13.8. The van der Waals surface area contributed by atoms with E-state index >= 15 is 0 Å². The normalized spacial score (nSPS) is 26.9. The molecule has 2 aliphatic heterocycles. The van der Waals surface area contributed by atoms with Crippen LogP contribution in [-0.2, 0) is 0 Å². The molecule has 1 amide bonds. The van der Waals surface area contributed by atoms with Gasteiger partial charge in [-0.15, -0.1) is 0 Å². The zero-order valence-corrected chi connectivity index (χ0v) is 10.9.